The summed E-state index contributed by atoms with van der Waals surface area (Å²) in [4.78, 5) is 13.8. The number of rotatable bonds is 3. The van der Waals surface area contributed by atoms with Crippen LogP contribution in [0.25, 0.3) is 0 Å². The van der Waals surface area contributed by atoms with Gasteiger partial charge in [-0.2, -0.15) is 5.26 Å². The van der Waals surface area contributed by atoms with Gasteiger partial charge in [-0.05, 0) is 31.2 Å². The number of carbonyl (C=O) groups excluding carboxylic acids is 1. The summed E-state index contributed by atoms with van der Waals surface area (Å²) in [6, 6.07) is 9.18. The summed E-state index contributed by atoms with van der Waals surface area (Å²) in [6.45, 7) is 3.50. The molecular formula is C13H15N3O. The summed E-state index contributed by atoms with van der Waals surface area (Å²) < 4.78 is 0. The first-order chi connectivity index (χ1) is 8.26. The molecule has 0 saturated carbocycles. The molecule has 1 fully saturated rings. The Balaban J connectivity index is 2.19. The summed E-state index contributed by atoms with van der Waals surface area (Å²) in [5, 5.41) is 12.0. The van der Waals surface area contributed by atoms with Gasteiger partial charge in [0.1, 0.15) is 0 Å². The fourth-order valence-electron chi connectivity index (χ4n) is 2.12. The fraction of sp³-hybridized carbons (Fsp3) is 0.385. The molecule has 0 aromatic heterocycles. The smallest absolute Gasteiger partial charge is 0.244 e. The molecule has 1 heterocycles. The average molecular weight is 229 g/mol. The highest BCUT2D eigenvalue weighted by Crippen LogP contribution is 2.22. The Morgan fingerprint density at radius 3 is 3.12 bits per heavy atom. The summed E-state index contributed by atoms with van der Waals surface area (Å²) in [5.74, 6) is 0.0990. The lowest BCUT2D eigenvalue weighted by Gasteiger charge is -2.17. The third kappa shape index (κ3) is 2.29. The van der Waals surface area contributed by atoms with Gasteiger partial charge in [-0.1, -0.05) is 13.0 Å². The Labute approximate surface area is 101 Å². The van der Waals surface area contributed by atoms with E-state index >= 15 is 0 Å². The molecule has 1 saturated heterocycles. The van der Waals surface area contributed by atoms with Crippen LogP contribution in [0.1, 0.15) is 18.9 Å². The number of anilines is 1. The Kier molecular flexibility index (Phi) is 3.40. The third-order valence-electron chi connectivity index (χ3n) is 2.94. The van der Waals surface area contributed by atoms with Gasteiger partial charge in [-0.3, -0.25) is 4.79 Å². The topological polar surface area (TPSA) is 56.1 Å². The highest BCUT2D eigenvalue weighted by Gasteiger charge is 2.31. The number of carbonyl (C=O) groups is 1. The van der Waals surface area contributed by atoms with E-state index in [1.54, 1.807) is 17.0 Å². The van der Waals surface area contributed by atoms with Gasteiger partial charge in [0, 0.05) is 12.2 Å². The molecule has 88 valence electrons. The molecule has 1 aliphatic rings. The van der Waals surface area contributed by atoms with Gasteiger partial charge < -0.3 is 10.2 Å². The van der Waals surface area contributed by atoms with Crippen molar-refractivity contribution in [3.63, 3.8) is 0 Å². The van der Waals surface area contributed by atoms with Gasteiger partial charge in [-0.25, -0.2) is 0 Å². The van der Waals surface area contributed by atoms with Crippen LogP contribution in [0.3, 0.4) is 0 Å². The Morgan fingerprint density at radius 2 is 2.41 bits per heavy atom. The lowest BCUT2D eigenvalue weighted by Crippen LogP contribution is -2.38. The molecule has 1 atom stereocenters. The predicted molar refractivity (Wildman–Crippen MR) is 65.6 cm³/mol. The normalized spacial score (nSPS) is 19.4. The SMILES string of the molecule is CCNC1CCN(c2cccc(C#N)c2)C1=O. The molecule has 1 amide bonds. The zero-order chi connectivity index (χ0) is 12.3. The number of likely N-dealkylation sites (N-methyl/N-ethyl adjacent to an activating group) is 1. The Morgan fingerprint density at radius 1 is 1.59 bits per heavy atom. The van der Waals surface area contributed by atoms with Crippen LogP contribution in [0.2, 0.25) is 0 Å². The molecule has 2 rings (SSSR count). The summed E-state index contributed by atoms with van der Waals surface area (Å²) >= 11 is 0. The summed E-state index contributed by atoms with van der Waals surface area (Å²) in [5.41, 5.74) is 1.40. The van der Waals surface area contributed by atoms with Gasteiger partial charge in [0.2, 0.25) is 5.91 Å². The van der Waals surface area contributed by atoms with Gasteiger partial charge in [0.15, 0.2) is 0 Å². The molecule has 1 unspecified atom stereocenters. The minimum Gasteiger partial charge on any atom is -0.311 e. The van der Waals surface area contributed by atoms with Crippen molar-refractivity contribution in [1.82, 2.24) is 5.32 Å². The average Bonchev–Trinajstić information content (AvgIpc) is 2.72. The maximum absolute atomic E-state index is 12.1. The number of nitriles is 1. The second kappa shape index (κ2) is 4.98. The zero-order valence-electron chi connectivity index (χ0n) is 9.81. The molecule has 1 aliphatic heterocycles. The van der Waals surface area contributed by atoms with Crippen molar-refractivity contribution in [3.05, 3.63) is 29.8 Å². The van der Waals surface area contributed by atoms with E-state index in [4.69, 9.17) is 5.26 Å². The van der Waals surface area contributed by atoms with Crippen molar-refractivity contribution in [2.75, 3.05) is 18.0 Å². The van der Waals surface area contributed by atoms with Crippen LogP contribution in [-0.4, -0.2) is 25.0 Å². The van der Waals surface area contributed by atoms with Crippen molar-refractivity contribution in [2.24, 2.45) is 0 Å². The van der Waals surface area contributed by atoms with E-state index in [1.165, 1.54) is 0 Å². The minimum atomic E-state index is -0.0780. The van der Waals surface area contributed by atoms with E-state index < -0.39 is 0 Å². The molecule has 0 bridgehead atoms. The first kappa shape index (κ1) is 11.6. The number of nitrogens with one attached hydrogen (secondary N) is 1. The van der Waals surface area contributed by atoms with Gasteiger partial charge >= 0.3 is 0 Å². The van der Waals surface area contributed by atoms with Crippen molar-refractivity contribution < 1.29 is 4.79 Å². The van der Waals surface area contributed by atoms with Crippen LogP contribution >= 0.6 is 0 Å². The standard InChI is InChI=1S/C13H15N3O/c1-2-15-12-6-7-16(13(12)17)11-5-3-4-10(8-11)9-14/h3-5,8,12,15H,2,6-7H2,1H3. The van der Waals surface area contributed by atoms with Crippen LogP contribution in [0, 0.1) is 11.3 Å². The van der Waals surface area contributed by atoms with Crippen LogP contribution < -0.4 is 10.2 Å². The number of hydrogen-bond donors (Lipinski definition) is 1. The number of nitrogens with zero attached hydrogens (tertiary/aromatic N) is 2. The van der Waals surface area contributed by atoms with E-state index in [2.05, 4.69) is 11.4 Å². The van der Waals surface area contributed by atoms with Crippen LogP contribution in [0.4, 0.5) is 5.69 Å². The van der Waals surface area contributed by atoms with Gasteiger partial charge in [0.05, 0.1) is 17.7 Å². The van der Waals surface area contributed by atoms with E-state index in [9.17, 15) is 4.79 Å². The number of benzene rings is 1. The predicted octanol–water partition coefficient (Wildman–Crippen LogP) is 1.27. The maximum atomic E-state index is 12.1. The molecule has 17 heavy (non-hydrogen) atoms. The van der Waals surface area contributed by atoms with Crippen molar-refractivity contribution in [1.29, 1.82) is 5.26 Å². The second-order valence-corrected chi connectivity index (χ2v) is 4.05. The van der Waals surface area contributed by atoms with Crippen LogP contribution in [0.5, 0.6) is 0 Å². The molecule has 4 nitrogen and oxygen atoms in total. The number of hydrogen-bond acceptors (Lipinski definition) is 3. The fourth-order valence-corrected chi connectivity index (χ4v) is 2.12. The van der Waals surface area contributed by atoms with Crippen LogP contribution in [-0.2, 0) is 4.79 Å². The van der Waals surface area contributed by atoms with E-state index in [1.807, 2.05) is 19.1 Å². The Bertz CT molecular complexity index is 464. The van der Waals surface area contributed by atoms with Crippen molar-refractivity contribution in [3.8, 4) is 6.07 Å². The quantitative estimate of drug-likeness (QED) is 0.849. The molecule has 1 aromatic carbocycles. The van der Waals surface area contributed by atoms with Crippen molar-refractivity contribution in [2.45, 2.75) is 19.4 Å². The maximum Gasteiger partial charge on any atom is 0.244 e. The van der Waals surface area contributed by atoms with E-state index in [-0.39, 0.29) is 11.9 Å². The molecule has 0 radical (unpaired) electrons. The first-order valence-electron chi connectivity index (χ1n) is 5.81. The highest BCUT2D eigenvalue weighted by molar-refractivity contribution is 5.99. The third-order valence-corrected chi connectivity index (χ3v) is 2.94. The molecule has 0 aliphatic carbocycles. The lowest BCUT2D eigenvalue weighted by molar-refractivity contribution is -0.118. The monoisotopic (exact) mass is 229 g/mol. The van der Waals surface area contributed by atoms with E-state index in [0.717, 1.165) is 18.7 Å². The highest BCUT2D eigenvalue weighted by atomic mass is 16.2. The second-order valence-electron chi connectivity index (χ2n) is 4.05. The zero-order valence-corrected chi connectivity index (χ0v) is 9.81. The Hall–Kier alpha value is -1.86. The molecular weight excluding hydrogens is 214 g/mol. The summed E-state index contributed by atoms with van der Waals surface area (Å²) in [7, 11) is 0. The number of amides is 1. The molecule has 1 N–H and O–H groups in total. The molecule has 4 heteroatoms. The molecule has 1 aromatic rings. The van der Waals surface area contributed by atoms with Gasteiger partial charge in [0.25, 0.3) is 0 Å². The van der Waals surface area contributed by atoms with Gasteiger partial charge in [-0.15, -0.1) is 0 Å². The lowest BCUT2D eigenvalue weighted by atomic mass is 10.2. The van der Waals surface area contributed by atoms with Crippen molar-refractivity contribution >= 4 is 11.6 Å². The summed E-state index contributed by atoms with van der Waals surface area (Å²) in [6.07, 6.45) is 0.823. The van der Waals surface area contributed by atoms with E-state index in [0.29, 0.717) is 12.1 Å². The minimum absolute atomic E-state index is 0.0780. The first-order valence-corrected chi connectivity index (χ1v) is 5.81. The van der Waals surface area contributed by atoms with Crippen LogP contribution in [0.15, 0.2) is 24.3 Å². The largest absolute Gasteiger partial charge is 0.311 e. The molecule has 0 spiro atoms.